The second-order valence-corrected chi connectivity index (χ2v) is 13.2. The van der Waals surface area contributed by atoms with Gasteiger partial charge in [-0.1, -0.05) is 77.0 Å². The molecule has 0 aromatic carbocycles. The molecule has 0 unspecified atom stereocenters. The van der Waals surface area contributed by atoms with Crippen LogP contribution < -0.4 is 5.32 Å². The smallest absolute Gasteiger partial charge is 0.306 e. The Kier molecular flexibility index (Phi) is 33.7. The number of hydrogen-bond donors (Lipinski definition) is 3. The number of carbonyl (C=O) groups excluding carboxylic acids is 4. The summed E-state index contributed by atoms with van der Waals surface area (Å²) in [5, 5.41) is 20.9. The van der Waals surface area contributed by atoms with Gasteiger partial charge in [-0.2, -0.15) is 0 Å². The van der Waals surface area contributed by atoms with Gasteiger partial charge in [0.25, 0.3) is 0 Å². The molecule has 0 fully saturated rings. The molecule has 0 aromatic heterocycles. The van der Waals surface area contributed by atoms with Gasteiger partial charge in [-0.3, -0.25) is 28.8 Å². The normalized spacial score (nSPS) is 11.7. The number of ether oxygens (including phenoxy) is 4. The van der Waals surface area contributed by atoms with E-state index in [1.165, 1.54) is 51.9 Å². The van der Waals surface area contributed by atoms with Gasteiger partial charge < -0.3 is 34.5 Å². The number of carboxylic acids is 2. The molecule has 0 bridgehead atoms. The molecule has 0 aliphatic heterocycles. The van der Waals surface area contributed by atoms with Crippen molar-refractivity contribution in [1.29, 1.82) is 0 Å². The van der Waals surface area contributed by atoms with E-state index in [2.05, 4.69) is 5.32 Å². The third-order valence-electron chi connectivity index (χ3n) is 8.26. The maximum atomic E-state index is 12.4. The van der Waals surface area contributed by atoms with Crippen molar-refractivity contribution in [2.24, 2.45) is 5.92 Å². The van der Waals surface area contributed by atoms with Crippen molar-refractivity contribution in [2.75, 3.05) is 59.4 Å². The zero-order valence-electron chi connectivity index (χ0n) is 31.3. The Balaban J connectivity index is 3.66. The average Bonchev–Trinajstić information content (AvgIpc) is 3.08. The maximum absolute atomic E-state index is 12.4. The first-order chi connectivity index (χ1) is 24.6. The van der Waals surface area contributed by atoms with Crippen molar-refractivity contribution in [1.82, 2.24) is 5.32 Å². The molecule has 51 heavy (non-hydrogen) atoms. The zero-order chi connectivity index (χ0) is 37.8. The second kappa shape index (κ2) is 35.7. The molecule has 13 heteroatoms. The second-order valence-electron chi connectivity index (χ2n) is 13.2. The first kappa shape index (κ1) is 48.3. The Hall–Kier alpha value is -2.74. The lowest BCUT2D eigenvalue weighted by molar-refractivity contribution is -0.144. The van der Waals surface area contributed by atoms with Crippen molar-refractivity contribution in [3.8, 4) is 0 Å². The Morgan fingerprint density at radius 1 is 0.510 bits per heavy atom. The molecule has 0 saturated heterocycles. The van der Waals surface area contributed by atoms with Gasteiger partial charge in [0, 0.05) is 45.3 Å². The Morgan fingerprint density at radius 3 is 1.51 bits per heavy atom. The monoisotopic (exact) mass is 729 g/mol. The third-order valence-corrected chi connectivity index (χ3v) is 8.26. The summed E-state index contributed by atoms with van der Waals surface area (Å²) >= 11 is 0. The molecule has 3 N–H and O–H groups in total. The number of unbranched alkanes of at least 4 members (excludes halogenated alkanes) is 13. The van der Waals surface area contributed by atoms with Crippen LogP contribution in [0.2, 0.25) is 0 Å². The minimum absolute atomic E-state index is 0.0148. The summed E-state index contributed by atoms with van der Waals surface area (Å²) in [5.74, 6) is -3.09. The van der Waals surface area contributed by atoms with Gasteiger partial charge in [-0.05, 0) is 32.6 Å². The minimum atomic E-state index is -1.06. The fourth-order valence-electron chi connectivity index (χ4n) is 5.35. The van der Waals surface area contributed by atoms with Crippen LogP contribution in [0.1, 0.15) is 142 Å². The highest BCUT2D eigenvalue weighted by Crippen LogP contribution is 2.17. The number of ketones is 3. The van der Waals surface area contributed by atoms with E-state index in [-0.39, 0.29) is 88.5 Å². The number of amides is 1. The van der Waals surface area contributed by atoms with Crippen LogP contribution in [-0.2, 0) is 47.7 Å². The van der Waals surface area contributed by atoms with Gasteiger partial charge in [0.05, 0.1) is 39.0 Å². The SMILES string of the molecule is CC(=O)COCCOCCCC(=O)COCCOCCNC(=O)CC[C@H](CC(=O)CCCCCCCCCCCCCCCCC(=O)O)C(=O)O. The Labute approximate surface area is 305 Å². The van der Waals surface area contributed by atoms with E-state index in [1.54, 1.807) is 0 Å². The molecule has 0 aliphatic carbocycles. The van der Waals surface area contributed by atoms with Gasteiger partial charge in [-0.15, -0.1) is 0 Å². The molecule has 0 aromatic rings. The van der Waals surface area contributed by atoms with E-state index in [0.717, 1.165) is 44.9 Å². The molecule has 296 valence electrons. The van der Waals surface area contributed by atoms with E-state index < -0.39 is 17.9 Å². The predicted octanol–water partition coefficient (Wildman–Crippen LogP) is 5.87. The van der Waals surface area contributed by atoms with Gasteiger partial charge >= 0.3 is 11.9 Å². The van der Waals surface area contributed by atoms with Crippen molar-refractivity contribution in [3.63, 3.8) is 0 Å². The Morgan fingerprint density at radius 2 is 0.980 bits per heavy atom. The van der Waals surface area contributed by atoms with Crippen LogP contribution in [-0.4, -0.2) is 105 Å². The number of nitrogens with one attached hydrogen (secondary N) is 1. The number of Topliss-reactive ketones (excluding diaryl/α,β-unsaturated/α-hetero) is 3. The molecular formula is C38H67NO12. The van der Waals surface area contributed by atoms with E-state index in [0.29, 0.717) is 39.1 Å². The summed E-state index contributed by atoms with van der Waals surface area (Å²) < 4.78 is 21.1. The lowest BCUT2D eigenvalue weighted by Gasteiger charge is -2.12. The van der Waals surface area contributed by atoms with Gasteiger partial charge in [0.15, 0.2) is 11.6 Å². The highest BCUT2D eigenvalue weighted by molar-refractivity contribution is 5.84. The van der Waals surface area contributed by atoms with Crippen LogP contribution in [0, 0.1) is 5.92 Å². The molecule has 1 amide bonds. The van der Waals surface area contributed by atoms with E-state index in [4.69, 9.17) is 24.1 Å². The Bertz CT molecular complexity index is 942. The topological polar surface area (TPSA) is 192 Å². The van der Waals surface area contributed by atoms with Crippen molar-refractivity contribution < 1.29 is 57.9 Å². The number of carbonyl (C=O) groups is 6. The van der Waals surface area contributed by atoms with Gasteiger partial charge in [-0.25, -0.2) is 0 Å². The predicted molar refractivity (Wildman–Crippen MR) is 193 cm³/mol. The molecule has 0 radical (unpaired) electrons. The quantitative estimate of drug-likeness (QED) is 0.0636. The van der Waals surface area contributed by atoms with Crippen LogP contribution in [0.5, 0.6) is 0 Å². The fraction of sp³-hybridized carbons (Fsp3) is 0.842. The van der Waals surface area contributed by atoms with Crippen LogP contribution >= 0.6 is 0 Å². The number of rotatable bonds is 40. The lowest BCUT2D eigenvalue weighted by atomic mass is 9.94. The summed E-state index contributed by atoms with van der Waals surface area (Å²) in [5.41, 5.74) is 0. The zero-order valence-corrected chi connectivity index (χ0v) is 31.3. The number of aliphatic carboxylic acids is 2. The fourth-order valence-corrected chi connectivity index (χ4v) is 5.35. The molecule has 0 rings (SSSR count). The minimum Gasteiger partial charge on any atom is -0.481 e. The third kappa shape index (κ3) is 36.8. The standard InChI is InChI=1S/C38H67NO12/c1-32(40)30-50-27-25-48-23-16-18-35(42)31-51-28-26-49-24-22-39-36(43)21-20-33(38(46)47)29-34(41)17-14-12-10-8-6-4-2-3-5-7-9-11-13-15-19-37(44)45/h33H,2-31H2,1H3,(H,39,43)(H,44,45)(H,46,47)/t33-/m1/s1. The van der Waals surface area contributed by atoms with Crippen LogP contribution in [0.25, 0.3) is 0 Å². The molecule has 0 aliphatic rings. The highest BCUT2D eigenvalue weighted by atomic mass is 16.5. The van der Waals surface area contributed by atoms with Gasteiger partial charge in [0.1, 0.15) is 19.0 Å². The average molecular weight is 730 g/mol. The summed E-state index contributed by atoms with van der Waals surface area (Å²) in [6, 6.07) is 0. The highest BCUT2D eigenvalue weighted by Gasteiger charge is 2.22. The van der Waals surface area contributed by atoms with Crippen LogP contribution in [0.15, 0.2) is 0 Å². The number of carboxylic acid groups (broad SMARTS) is 2. The van der Waals surface area contributed by atoms with Crippen LogP contribution in [0.3, 0.4) is 0 Å². The molecule has 0 spiro atoms. The van der Waals surface area contributed by atoms with E-state index in [9.17, 15) is 33.9 Å². The molecule has 1 atom stereocenters. The summed E-state index contributed by atoms with van der Waals surface area (Å²) in [7, 11) is 0. The first-order valence-electron chi connectivity index (χ1n) is 19.2. The van der Waals surface area contributed by atoms with Crippen LogP contribution in [0.4, 0.5) is 0 Å². The van der Waals surface area contributed by atoms with Crippen molar-refractivity contribution in [3.05, 3.63) is 0 Å². The van der Waals surface area contributed by atoms with E-state index in [1.807, 2.05) is 0 Å². The van der Waals surface area contributed by atoms with E-state index >= 15 is 0 Å². The largest absolute Gasteiger partial charge is 0.481 e. The molecule has 0 heterocycles. The van der Waals surface area contributed by atoms with Crippen molar-refractivity contribution in [2.45, 2.75) is 142 Å². The summed E-state index contributed by atoms with van der Waals surface area (Å²) in [6.45, 7) is 3.64. The lowest BCUT2D eigenvalue weighted by Crippen LogP contribution is -2.29. The molecule has 13 nitrogen and oxygen atoms in total. The summed E-state index contributed by atoms with van der Waals surface area (Å²) in [6.07, 6.45) is 17.0. The maximum Gasteiger partial charge on any atom is 0.306 e. The van der Waals surface area contributed by atoms with Crippen molar-refractivity contribution >= 4 is 35.2 Å². The first-order valence-corrected chi connectivity index (χ1v) is 19.2. The molecule has 0 saturated carbocycles. The summed E-state index contributed by atoms with van der Waals surface area (Å²) in [4.78, 5) is 69.3. The van der Waals surface area contributed by atoms with Gasteiger partial charge in [0.2, 0.25) is 5.91 Å². The number of hydrogen-bond acceptors (Lipinski definition) is 10. The molecular weight excluding hydrogens is 662 g/mol.